The van der Waals surface area contributed by atoms with Gasteiger partial charge in [-0.25, -0.2) is 8.42 Å². The van der Waals surface area contributed by atoms with Gasteiger partial charge in [-0.15, -0.1) is 0 Å². The lowest BCUT2D eigenvalue weighted by Crippen LogP contribution is -2.19. The Bertz CT molecular complexity index is 233. The monoisotopic (exact) mass is 212 g/mol. The molecule has 0 aliphatic heterocycles. The van der Waals surface area contributed by atoms with E-state index in [2.05, 4.69) is 0 Å². The second-order valence-corrected chi connectivity index (χ2v) is 6.08. The van der Waals surface area contributed by atoms with Crippen LogP contribution in [0.2, 0.25) is 0 Å². The Balaban J connectivity index is 2.43. The molecule has 0 aromatic heterocycles. The highest BCUT2D eigenvalue weighted by atomic mass is 35.7. The standard InChI is InChI=1S/C7H13ClO3S/c1-11-4-7(6-2-3-6)5-12(8,9)10/h6-7H,2-5H2,1H3. The molecule has 1 atom stereocenters. The van der Waals surface area contributed by atoms with Crippen molar-refractivity contribution in [2.24, 2.45) is 11.8 Å². The topological polar surface area (TPSA) is 43.4 Å². The SMILES string of the molecule is COCC(CS(=O)(=O)Cl)C1CC1. The van der Waals surface area contributed by atoms with E-state index in [0.717, 1.165) is 12.8 Å². The van der Waals surface area contributed by atoms with Crippen molar-refractivity contribution < 1.29 is 13.2 Å². The lowest BCUT2D eigenvalue weighted by atomic mass is 10.1. The molecule has 0 N–H and O–H groups in total. The molecule has 72 valence electrons. The molecule has 1 fully saturated rings. The summed E-state index contributed by atoms with van der Waals surface area (Å²) in [4.78, 5) is 0. The van der Waals surface area contributed by atoms with Crippen molar-refractivity contribution in [2.75, 3.05) is 19.5 Å². The first-order chi connectivity index (χ1) is 5.53. The van der Waals surface area contributed by atoms with Gasteiger partial charge in [-0.05, 0) is 18.8 Å². The molecule has 0 aromatic rings. The van der Waals surface area contributed by atoms with Crippen LogP contribution in [-0.4, -0.2) is 27.9 Å². The lowest BCUT2D eigenvalue weighted by molar-refractivity contribution is 0.151. The summed E-state index contributed by atoms with van der Waals surface area (Å²) < 4.78 is 26.4. The lowest BCUT2D eigenvalue weighted by Gasteiger charge is -2.12. The Morgan fingerprint density at radius 1 is 1.58 bits per heavy atom. The van der Waals surface area contributed by atoms with Crippen LogP contribution in [0.15, 0.2) is 0 Å². The third-order valence-electron chi connectivity index (χ3n) is 2.08. The van der Waals surface area contributed by atoms with Crippen LogP contribution < -0.4 is 0 Å². The Labute approximate surface area is 77.5 Å². The summed E-state index contributed by atoms with van der Waals surface area (Å²) in [7, 11) is 3.37. The van der Waals surface area contributed by atoms with Gasteiger partial charge in [0.2, 0.25) is 9.05 Å². The first-order valence-electron chi connectivity index (χ1n) is 3.94. The fraction of sp³-hybridized carbons (Fsp3) is 1.00. The zero-order valence-electron chi connectivity index (χ0n) is 6.99. The van der Waals surface area contributed by atoms with Gasteiger partial charge in [0.1, 0.15) is 0 Å². The van der Waals surface area contributed by atoms with Gasteiger partial charge >= 0.3 is 0 Å². The molecule has 3 nitrogen and oxygen atoms in total. The molecule has 1 rings (SSSR count). The van der Waals surface area contributed by atoms with Gasteiger partial charge in [0.15, 0.2) is 0 Å². The van der Waals surface area contributed by atoms with Crippen LogP contribution in [-0.2, 0) is 13.8 Å². The smallest absolute Gasteiger partial charge is 0.232 e. The van der Waals surface area contributed by atoms with E-state index in [1.165, 1.54) is 0 Å². The van der Waals surface area contributed by atoms with Gasteiger partial charge in [0, 0.05) is 23.7 Å². The van der Waals surface area contributed by atoms with E-state index in [-0.39, 0.29) is 11.7 Å². The summed E-state index contributed by atoms with van der Waals surface area (Å²) in [6.07, 6.45) is 2.22. The predicted octanol–water partition coefficient (Wildman–Crippen LogP) is 1.23. The molecular weight excluding hydrogens is 200 g/mol. The van der Waals surface area contributed by atoms with Crippen molar-refractivity contribution in [3.05, 3.63) is 0 Å². The van der Waals surface area contributed by atoms with Crippen LogP contribution in [0, 0.1) is 11.8 Å². The highest BCUT2D eigenvalue weighted by Crippen LogP contribution is 2.37. The molecule has 12 heavy (non-hydrogen) atoms. The quantitative estimate of drug-likeness (QED) is 0.644. The summed E-state index contributed by atoms with van der Waals surface area (Å²) in [6.45, 7) is 0.497. The Hall–Kier alpha value is 0.200. The molecule has 0 spiro atoms. The van der Waals surface area contributed by atoms with E-state index < -0.39 is 9.05 Å². The summed E-state index contributed by atoms with van der Waals surface area (Å²) in [6, 6.07) is 0. The minimum Gasteiger partial charge on any atom is -0.384 e. The number of hydrogen-bond donors (Lipinski definition) is 0. The first-order valence-corrected chi connectivity index (χ1v) is 6.42. The Morgan fingerprint density at radius 3 is 2.50 bits per heavy atom. The van der Waals surface area contributed by atoms with Gasteiger partial charge in [-0.1, -0.05) is 0 Å². The zero-order chi connectivity index (χ0) is 9.19. The fourth-order valence-electron chi connectivity index (χ4n) is 1.36. The maximum absolute atomic E-state index is 10.8. The van der Waals surface area contributed by atoms with Gasteiger partial charge < -0.3 is 4.74 Å². The summed E-state index contributed by atoms with van der Waals surface area (Å²) in [5, 5.41) is 0. The normalized spacial score (nSPS) is 20.8. The molecule has 5 heteroatoms. The van der Waals surface area contributed by atoms with E-state index >= 15 is 0 Å². The molecule has 1 unspecified atom stereocenters. The molecule has 1 aliphatic carbocycles. The zero-order valence-corrected chi connectivity index (χ0v) is 8.57. The van der Waals surface area contributed by atoms with Crippen LogP contribution in [0.1, 0.15) is 12.8 Å². The highest BCUT2D eigenvalue weighted by Gasteiger charge is 2.33. The van der Waals surface area contributed by atoms with E-state index in [1.54, 1.807) is 7.11 Å². The highest BCUT2D eigenvalue weighted by molar-refractivity contribution is 8.13. The van der Waals surface area contributed by atoms with Crippen molar-refractivity contribution in [3.8, 4) is 0 Å². The van der Waals surface area contributed by atoms with Crippen molar-refractivity contribution >= 4 is 19.7 Å². The Kier molecular flexibility index (Phi) is 3.37. The van der Waals surface area contributed by atoms with Crippen LogP contribution in [0.3, 0.4) is 0 Å². The van der Waals surface area contributed by atoms with Crippen LogP contribution in [0.25, 0.3) is 0 Å². The van der Waals surface area contributed by atoms with Gasteiger partial charge in [-0.2, -0.15) is 0 Å². The average molecular weight is 213 g/mol. The largest absolute Gasteiger partial charge is 0.384 e. The number of hydrogen-bond acceptors (Lipinski definition) is 3. The summed E-state index contributed by atoms with van der Waals surface area (Å²) in [5.74, 6) is 0.656. The van der Waals surface area contributed by atoms with Crippen molar-refractivity contribution in [1.82, 2.24) is 0 Å². The van der Waals surface area contributed by atoms with Crippen molar-refractivity contribution in [3.63, 3.8) is 0 Å². The molecule has 0 aromatic carbocycles. The number of ether oxygens (including phenoxy) is 1. The fourth-order valence-corrected chi connectivity index (χ4v) is 2.72. The van der Waals surface area contributed by atoms with Gasteiger partial charge in [0.25, 0.3) is 0 Å². The van der Waals surface area contributed by atoms with Gasteiger partial charge in [-0.3, -0.25) is 0 Å². The van der Waals surface area contributed by atoms with Crippen molar-refractivity contribution in [1.29, 1.82) is 0 Å². The summed E-state index contributed by atoms with van der Waals surface area (Å²) >= 11 is 0. The molecule has 0 radical (unpaired) electrons. The van der Waals surface area contributed by atoms with Crippen molar-refractivity contribution in [2.45, 2.75) is 12.8 Å². The maximum Gasteiger partial charge on any atom is 0.232 e. The van der Waals surface area contributed by atoms with E-state index in [9.17, 15) is 8.42 Å². The number of methoxy groups -OCH3 is 1. The third kappa shape index (κ3) is 3.74. The van der Waals surface area contributed by atoms with Crippen LogP contribution in [0.5, 0.6) is 0 Å². The van der Waals surface area contributed by atoms with Crippen LogP contribution >= 0.6 is 10.7 Å². The Morgan fingerprint density at radius 2 is 2.17 bits per heavy atom. The molecule has 0 heterocycles. The predicted molar refractivity (Wildman–Crippen MR) is 47.7 cm³/mol. The number of halogens is 1. The molecule has 0 amide bonds. The molecule has 0 bridgehead atoms. The molecular formula is C7H13ClO3S. The average Bonchev–Trinajstić information content (AvgIpc) is 2.63. The summed E-state index contributed by atoms with van der Waals surface area (Å²) in [5.41, 5.74) is 0. The first kappa shape index (κ1) is 10.3. The minimum atomic E-state index is -3.36. The maximum atomic E-state index is 10.8. The molecule has 1 aliphatic rings. The third-order valence-corrected chi connectivity index (χ3v) is 3.29. The van der Waals surface area contributed by atoms with Crippen LogP contribution in [0.4, 0.5) is 0 Å². The minimum absolute atomic E-state index is 0.0487. The number of rotatable bonds is 5. The van der Waals surface area contributed by atoms with E-state index in [1.807, 2.05) is 0 Å². The van der Waals surface area contributed by atoms with Gasteiger partial charge in [0.05, 0.1) is 12.4 Å². The van der Waals surface area contributed by atoms with E-state index in [0.29, 0.717) is 12.5 Å². The second-order valence-electron chi connectivity index (χ2n) is 3.26. The van der Waals surface area contributed by atoms with E-state index in [4.69, 9.17) is 15.4 Å². The second kappa shape index (κ2) is 3.94. The molecule has 1 saturated carbocycles. The molecule has 0 saturated heterocycles.